The monoisotopic (exact) mass is 401 g/mol. The lowest BCUT2D eigenvalue weighted by Gasteiger charge is -2.32. The Labute approximate surface area is 172 Å². The molecule has 0 saturated carbocycles. The van der Waals surface area contributed by atoms with Crippen molar-refractivity contribution in [3.63, 3.8) is 0 Å². The number of nitrogens with zero attached hydrogens (tertiary/aromatic N) is 1. The zero-order chi connectivity index (χ0) is 19.8. The van der Waals surface area contributed by atoms with Crippen LogP contribution < -0.4 is 15.4 Å². The van der Waals surface area contributed by atoms with E-state index >= 15 is 0 Å². The molecular weight excluding hydrogens is 370 g/mol. The van der Waals surface area contributed by atoms with E-state index in [9.17, 15) is 4.79 Å². The van der Waals surface area contributed by atoms with Gasteiger partial charge in [0.1, 0.15) is 5.75 Å². The van der Waals surface area contributed by atoms with E-state index in [0.717, 1.165) is 43.9 Å². The summed E-state index contributed by atoms with van der Waals surface area (Å²) in [7, 11) is 1.67. The third kappa shape index (κ3) is 6.53. The van der Waals surface area contributed by atoms with Gasteiger partial charge in [-0.2, -0.15) is 0 Å². The quantitative estimate of drug-likeness (QED) is 0.705. The van der Waals surface area contributed by atoms with Gasteiger partial charge < -0.3 is 15.4 Å². The number of benzene rings is 1. The number of ether oxygens (including phenoxy) is 1. The number of rotatable bonds is 8. The predicted molar refractivity (Wildman–Crippen MR) is 115 cm³/mol. The van der Waals surface area contributed by atoms with Crippen molar-refractivity contribution >= 4 is 17.4 Å². The number of likely N-dealkylation sites (tertiary alicyclic amines) is 1. The Morgan fingerprint density at radius 2 is 2.25 bits per heavy atom. The molecule has 1 aromatic heterocycles. The second kappa shape index (κ2) is 10.5. The fraction of sp³-hybridized carbons (Fsp3) is 0.500. The van der Waals surface area contributed by atoms with Crippen LogP contribution in [0.25, 0.3) is 0 Å². The highest BCUT2D eigenvalue weighted by molar-refractivity contribution is 7.09. The van der Waals surface area contributed by atoms with Crippen molar-refractivity contribution in [3.8, 4) is 5.75 Å². The normalized spacial score (nSPS) is 18.4. The molecule has 1 aliphatic heterocycles. The van der Waals surface area contributed by atoms with E-state index in [1.807, 2.05) is 36.5 Å². The van der Waals surface area contributed by atoms with E-state index < -0.39 is 0 Å². The van der Waals surface area contributed by atoms with Crippen molar-refractivity contribution in [1.82, 2.24) is 15.5 Å². The number of methoxy groups -OCH3 is 1. The molecule has 5 nitrogen and oxygen atoms in total. The smallest absolute Gasteiger partial charge is 0.315 e. The van der Waals surface area contributed by atoms with Crippen LogP contribution in [0.1, 0.15) is 30.2 Å². The molecule has 28 heavy (non-hydrogen) atoms. The summed E-state index contributed by atoms with van der Waals surface area (Å²) < 4.78 is 5.26. The minimum Gasteiger partial charge on any atom is -0.497 e. The zero-order valence-corrected chi connectivity index (χ0v) is 17.6. The highest BCUT2D eigenvalue weighted by Gasteiger charge is 2.21. The number of urea groups is 1. The molecule has 0 bridgehead atoms. The first-order valence-electron chi connectivity index (χ1n) is 10.0. The third-order valence-electron chi connectivity index (χ3n) is 5.17. The summed E-state index contributed by atoms with van der Waals surface area (Å²) in [6.07, 6.45) is 3.16. The first-order chi connectivity index (χ1) is 13.6. The van der Waals surface area contributed by atoms with Gasteiger partial charge in [0, 0.05) is 30.6 Å². The molecule has 3 rings (SSSR count). The maximum Gasteiger partial charge on any atom is 0.315 e. The zero-order valence-electron chi connectivity index (χ0n) is 16.8. The second-order valence-corrected chi connectivity index (χ2v) is 8.67. The number of nitrogens with one attached hydrogen (secondary N) is 2. The van der Waals surface area contributed by atoms with Gasteiger partial charge in [-0.25, -0.2) is 4.79 Å². The number of hydrogen-bond donors (Lipinski definition) is 2. The average molecular weight is 402 g/mol. The maximum atomic E-state index is 12.3. The molecule has 2 amide bonds. The number of hydrogen-bond acceptors (Lipinski definition) is 4. The van der Waals surface area contributed by atoms with Crippen molar-refractivity contribution in [2.75, 3.05) is 26.7 Å². The van der Waals surface area contributed by atoms with Crippen LogP contribution >= 0.6 is 11.3 Å². The third-order valence-corrected chi connectivity index (χ3v) is 6.03. The molecule has 2 atom stereocenters. The number of amides is 2. The molecule has 6 heteroatoms. The van der Waals surface area contributed by atoms with Crippen molar-refractivity contribution in [1.29, 1.82) is 0 Å². The molecular formula is C22H31N3O2S. The Morgan fingerprint density at radius 1 is 1.36 bits per heavy atom. The maximum absolute atomic E-state index is 12.3. The van der Waals surface area contributed by atoms with Gasteiger partial charge in [-0.3, -0.25) is 4.90 Å². The topological polar surface area (TPSA) is 53.6 Å². The molecule has 1 aromatic carbocycles. The second-order valence-electron chi connectivity index (χ2n) is 7.63. The minimum absolute atomic E-state index is 0.0637. The lowest BCUT2D eigenvalue weighted by molar-refractivity contribution is 0.166. The Kier molecular flexibility index (Phi) is 7.74. The molecule has 1 saturated heterocycles. The van der Waals surface area contributed by atoms with Gasteiger partial charge in [0.25, 0.3) is 0 Å². The van der Waals surface area contributed by atoms with Gasteiger partial charge in [-0.05, 0) is 67.8 Å². The van der Waals surface area contributed by atoms with Crippen LogP contribution in [0.4, 0.5) is 4.79 Å². The fourth-order valence-electron chi connectivity index (χ4n) is 3.80. The minimum atomic E-state index is -0.0780. The molecule has 1 fully saturated rings. The number of carbonyl (C=O) groups is 1. The van der Waals surface area contributed by atoms with Gasteiger partial charge in [0.15, 0.2) is 0 Å². The predicted octanol–water partition coefficient (Wildman–Crippen LogP) is 3.90. The lowest BCUT2D eigenvalue weighted by atomic mass is 9.98. The van der Waals surface area contributed by atoms with Crippen molar-refractivity contribution in [3.05, 3.63) is 52.2 Å². The summed E-state index contributed by atoms with van der Waals surface area (Å²) in [5, 5.41) is 8.26. The summed E-state index contributed by atoms with van der Waals surface area (Å²) in [6, 6.07) is 12.3. The van der Waals surface area contributed by atoms with Crippen LogP contribution in [0.3, 0.4) is 0 Å². The van der Waals surface area contributed by atoms with Gasteiger partial charge >= 0.3 is 6.03 Å². The Bertz CT molecular complexity index is 735. The van der Waals surface area contributed by atoms with E-state index in [0.29, 0.717) is 5.92 Å². The highest BCUT2D eigenvalue weighted by atomic mass is 32.1. The summed E-state index contributed by atoms with van der Waals surface area (Å²) in [5.41, 5.74) is 1.16. The van der Waals surface area contributed by atoms with Gasteiger partial charge in [0.05, 0.1) is 7.11 Å². The Morgan fingerprint density at radius 3 is 3.04 bits per heavy atom. The molecule has 0 aliphatic carbocycles. The first kappa shape index (κ1) is 20.7. The van der Waals surface area contributed by atoms with Crippen LogP contribution in [0.2, 0.25) is 0 Å². The van der Waals surface area contributed by atoms with Gasteiger partial charge in [0.2, 0.25) is 0 Å². The van der Waals surface area contributed by atoms with Crippen LogP contribution in [0.5, 0.6) is 5.75 Å². The molecule has 2 heterocycles. The molecule has 0 spiro atoms. The van der Waals surface area contributed by atoms with Crippen LogP contribution in [0, 0.1) is 5.92 Å². The molecule has 2 aromatic rings. The lowest BCUT2D eigenvalue weighted by Crippen LogP contribution is -2.46. The van der Waals surface area contributed by atoms with Crippen molar-refractivity contribution < 1.29 is 9.53 Å². The average Bonchev–Trinajstić information content (AvgIpc) is 3.20. The van der Waals surface area contributed by atoms with E-state index in [4.69, 9.17) is 4.74 Å². The van der Waals surface area contributed by atoms with E-state index in [1.54, 1.807) is 7.11 Å². The van der Waals surface area contributed by atoms with Crippen LogP contribution in [0.15, 0.2) is 41.8 Å². The summed E-state index contributed by atoms with van der Waals surface area (Å²) in [5.74, 6) is 1.37. The molecule has 152 valence electrons. The molecule has 2 unspecified atom stereocenters. The molecule has 0 radical (unpaired) electrons. The summed E-state index contributed by atoms with van der Waals surface area (Å²) in [6.45, 7) is 5.99. The van der Waals surface area contributed by atoms with Crippen LogP contribution in [-0.4, -0.2) is 43.7 Å². The summed E-state index contributed by atoms with van der Waals surface area (Å²) >= 11 is 1.82. The standard InChI is InChI=1S/C22H31N3O2S/c1-17(12-18-6-3-8-20(13-18)27-2)24-22(26)23-14-19-7-4-10-25(15-19)16-21-9-5-11-28-21/h3,5-6,8-9,11,13,17,19H,4,7,10,12,14-16H2,1-2H3,(H2,23,24,26). The number of carbonyl (C=O) groups excluding carboxylic acids is 1. The van der Waals surface area contributed by atoms with Gasteiger partial charge in [-0.15, -0.1) is 11.3 Å². The number of piperidine rings is 1. The first-order valence-corrected chi connectivity index (χ1v) is 10.9. The SMILES string of the molecule is COc1cccc(CC(C)NC(=O)NCC2CCCN(Cc3cccs3)C2)c1. The van der Waals surface area contributed by atoms with E-state index in [-0.39, 0.29) is 12.1 Å². The van der Waals surface area contributed by atoms with Gasteiger partial charge in [-0.1, -0.05) is 18.2 Å². The van der Waals surface area contributed by atoms with E-state index in [1.165, 1.54) is 17.7 Å². The molecule has 2 N–H and O–H groups in total. The highest BCUT2D eigenvalue weighted by Crippen LogP contribution is 2.20. The number of thiophene rings is 1. The van der Waals surface area contributed by atoms with E-state index in [2.05, 4.69) is 39.1 Å². The van der Waals surface area contributed by atoms with Crippen molar-refractivity contribution in [2.45, 2.75) is 38.8 Å². The fourth-order valence-corrected chi connectivity index (χ4v) is 4.55. The Balaban J connectivity index is 1.38. The summed E-state index contributed by atoms with van der Waals surface area (Å²) in [4.78, 5) is 16.2. The van der Waals surface area contributed by atoms with Crippen molar-refractivity contribution in [2.24, 2.45) is 5.92 Å². The Hall–Kier alpha value is -2.05. The largest absolute Gasteiger partial charge is 0.497 e. The van der Waals surface area contributed by atoms with Crippen LogP contribution in [-0.2, 0) is 13.0 Å². The molecule has 1 aliphatic rings.